The van der Waals surface area contributed by atoms with E-state index in [0.717, 1.165) is 6.42 Å². The lowest BCUT2D eigenvalue weighted by Gasteiger charge is -2.15. The molecular weight excluding hydrogens is 194 g/mol. The molecule has 0 aliphatic heterocycles. The normalized spacial score (nSPS) is 14.0. The van der Waals surface area contributed by atoms with Crippen molar-refractivity contribution >= 4 is 11.7 Å². The molecular formula is C10H21N3O2. The summed E-state index contributed by atoms with van der Waals surface area (Å²) in [4.78, 5) is 11.4. The van der Waals surface area contributed by atoms with Crippen LogP contribution >= 0.6 is 0 Å². The van der Waals surface area contributed by atoms with Crippen molar-refractivity contribution in [3.05, 3.63) is 0 Å². The van der Waals surface area contributed by atoms with Crippen LogP contribution in [0.4, 0.5) is 0 Å². The van der Waals surface area contributed by atoms with E-state index in [4.69, 9.17) is 10.9 Å². The number of hydrogen-bond acceptors (Lipinski definition) is 3. The molecule has 88 valence electrons. The lowest BCUT2D eigenvalue weighted by molar-refractivity contribution is -0.121. The summed E-state index contributed by atoms with van der Waals surface area (Å²) in [7, 11) is 0. The minimum Gasteiger partial charge on any atom is -0.409 e. The minimum atomic E-state index is -0.366. The summed E-state index contributed by atoms with van der Waals surface area (Å²) in [5.74, 6) is 0.497. The van der Waals surface area contributed by atoms with Gasteiger partial charge in [-0.1, -0.05) is 25.9 Å². The number of hydrogen-bond donors (Lipinski definition) is 3. The first-order chi connectivity index (χ1) is 7.01. The molecule has 0 radical (unpaired) electrons. The number of nitrogens with zero attached hydrogens (tertiary/aromatic N) is 1. The summed E-state index contributed by atoms with van der Waals surface area (Å²) in [6.45, 7) is 5.99. The fraction of sp³-hybridized carbons (Fsp3) is 0.800. The lowest BCUT2D eigenvalue weighted by atomic mass is 10.1. The zero-order valence-electron chi connectivity index (χ0n) is 9.66. The zero-order chi connectivity index (χ0) is 11.8. The molecule has 5 nitrogen and oxygen atoms in total. The minimum absolute atomic E-state index is 0.0513. The monoisotopic (exact) mass is 215 g/mol. The number of carbonyl (C=O) groups excluding carboxylic acids is 1. The van der Waals surface area contributed by atoms with Crippen LogP contribution in [0, 0.1) is 5.92 Å². The number of amidine groups is 1. The lowest BCUT2D eigenvalue weighted by Crippen LogP contribution is -2.44. The van der Waals surface area contributed by atoms with E-state index < -0.39 is 0 Å². The molecule has 0 aromatic heterocycles. The second-order valence-electron chi connectivity index (χ2n) is 3.99. The molecule has 0 rings (SSSR count). The van der Waals surface area contributed by atoms with Crippen LogP contribution in [0.25, 0.3) is 0 Å². The zero-order valence-corrected chi connectivity index (χ0v) is 9.66. The molecule has 1 amide bonds. The van der Waals surface area contributed by atoms with E-state index in [1.165, 1.54) is 0 Å². The molecule has 5 heteroatoms. The van der Waals surface area contributed by atoms with E-state index in [2.05, 4.69) is 24.3 Å². The van der Waals surface area contributed by atoms with Gasteiger partial charge >= 0.3 is 0 Å². The van der Waals surface area contributed by atoms with Gasteiger partial charge in [-0.25, -0.2) is 0 Å². The number of amides is 1. The third-order valence-corrected chi connectivity index (χ3v) is 2.16. The van der Waals surface area contributed by atoms with Gasteiger partial charge in [-0.3, -0.25) is 4.79 Å². The Labute approximate surface area is 90.7 Å². The highest BCUT2D eigenvalue weighted by Crippen LogP contribution is 2.03. The second kappa shape index (κ2) is 7.09. The Bertz CT molecular complexity index is 227. The molecule has 0 heterocycles. The van der Waals surface area contributed by atoms with E-state index in [1.807, 2.05) is 6.92 Å². The summed E-state index contributed by atoms with van der Waals surface area (Å²) in [6, 6.07) is -0.366. The van der Waals surface area contributed by atoms with Crippen LogP contribution in [0.3, 0.4) is 0 Å². The van der Waals surface area contributed by atoms with E-state index >= 15 is 0 Å². The molecule has 0 aromatic carbocycles. The Morgan fingerprint density at radius 3 is 2.53 bits per heavy atom. The van der Waals surface area contributed by atoms with Crippen LogP contribution < -0.4 is 11.1 Å². The molecule has 4 N–H and O–H groups in total. The molecule has 15 heavy (non-hydrogen) atoms. The molecule has 0 spiro atoms. The fourth-order valence-electron chi connectivity index (χ4n) is 1.14. The summed E-state index contributed by atoms with van der Waals surface area (Å²) >= 11 is 0. The third-order valence-electron chi connectivity index (χ3n) is 2.16. The summed E-state index contributed by atoms with van der Waals surface area (Å²) in [5, 5.41) is 14.1. The van der Waals surface area contributed by atoms with Crippen molar-refractivity contribution in [1.82, 2.24) is 5.32 Å². The quantitative estimate of drug-likeness (QED) is 0.268. The van der Waals surface area contributed by atoms with Gasteiger partial charge in [-0.2, -0.15) is 0 Å². The molecule has 0 saturated carbocycles. The first kappa shape index (κ1) is 13.7. The van der Waals surface area contributed by atoms with Crippen LogP contribution in [0.5, 0.6) is 0 Å². The van der Waals surface area contributed by atoms with E-state index in [9.17, 15) is 4.79 Å². The standard InChI is InChI=1S/C10H21N3O2/c1-4-8(10(11)13-15)12-9(14)6-5-7(2)3/h7-8,15H,4-6H2,1-3H3,(H2,11,13)(H,12,14). The summed E-state index contributed by atoms with van der Waals surface area (Å²) in [6.07, 6.45) is 1.94. The van der Waals surface area contributed by atoms with E-state index in [1.54, 1.807) is 0 Å². The Morgan fingerprint density at radius 1 is 1.53 bits per heavy atom. The molecule has 0 fully saturated rings. The van der Waals surface area contributed by atoms with Gasteiger partial charge in [0.15, 0.2) is 5.84 Å². The second-order valence-corrected chi connectivity index (χ2v) is 3.99. The molecule has 0 bridgehead atoms. The maximum absolute atomic E-state index is 11.4. The van der Waals surface area contributed by atoms with E-state index in [-0.39, 0.29) is 17.8 Å². The van der Waals surface area contributed by atoms with Crippen molar-refractivity contribution in [2.45, 2.75) is 46.1 Å². The van der Waals surface area contributed by atoms with Crippen molar-refractivity contribution in [1.29, 1.82) is 0 Å². The predicted octanol–water partition coefficient (Wildman–Crippen LogP) is 1.06. The molecule has 0 aliphatic carbocycles. The van der Waals surface area contributed by atoms with Gasteiger partial charge in [0, 0.05) is 6.42 Å². The van der Waals surface area contributed by atoms with Crippen molar-refractivity contribution in [3.63, 3.8) is 0 Å². The average molecular weight is 215 g/mol. The Balaban J connectivity index is 4.02. The maximum Gasteiger partial charge on any atom is 0.220 e. The number of carbonyl (C=O) groups is 1. The van der Waals surface area contributed by atoms with Gasteiger partial charge in [-0.05, 0) is 18.8 Å². The number of oxime groups is 1. The summed E-state index contributed by atoms with van der Waals surface area (Å²) in [5.41, 5.74) is 5.42. The number of rotatable bonds is 6. The van der Waals surface area contributed by atoms with Gasteiger partial charge in [0.05, 0.1) is 6.04 Å². The van der Waals surface area contributed by atoms with Crippen molar-refractivity contribution in [2.24, 2.45) is 16.8 Å². The van der Waals surface area contributed by atoms with Crippen molar-refractivity contribution < 1.29 is 10.0 Å². The first-order valence-electron chi connectivity index (χ1n) is 5.28. The molecule has 0 saturated heterocycles. The van der Waals surface area contributed by atoms with Crippen molar-refractivity contribution in [3.8, 4) is 0 Å². The third kappa shape index (κ3) is 5.93. The molecule has 0 aromatic rings. The highest BCUT2D eigenvalue weighted by Gasteiger charge is 2.14. The Kier molecular flexibility index (Phi) is 6.49. The van der Waals surface area contributed by atoms with Crippen LogP contribution in [0.1, 0.15) is 40.0 Å². The van der Waals surface area contributed by atoms with Gasteiger partial charge in [0.2, 0.25) is 5.91 Å². The van der Waals surface area contributed by atoms with Gasteiger partial charge < -0.3 is 16.3 Å². The van der Waals surface area contributed by atoms with Crippen molar-refractivity contribution in [2.75, 3.05) is 0 Å². The molecule has 1 unspecified atom stereocenters. The number of nitrogens with two attached hydrogens (primary N) is 1. The Hall–Kier alpha value is -1.26. The van der Waals surface area contributed by atoms with E-state index in [0.29, 0.717) is 18.8 Å². The maximum atomic E-state index is 11.4. The topological polar surface area (TPSA) is 87.7 Å². The van der Waals surface area contributed by atoms with Crippen LogP contribution in [0.2, 0.25) is 0 Å². The van der Waals surface area contributed by atoms with Gasteiger partial charge in [-0.15, -0.1) is 0 Å². The highest BCUT2D eigenvalue weighted by atomic mass is 16.4. The van der Waals surface area contributed by atoms with Crippen LogP contribution in [0.15, 0.2) is 5.16 Å². The molecule has 1 atom stereocenters. The predicted molar refractivity (Wildman–Crippen MR) is 59.7 cm³/mol. The van der Waals surface area contributed by atoms with Crippen LogP contribution in [-0.2, 0) is 4.79 Å². The number of nitrogens with one attached hydrogen (secondary N) is 1. The fourth-order valence-corrected chi connectivity index (χ4v) is 1.14. The smallest absolute Gasteiger partial charge is 0.220 e. The Morgan fingerprint density at radius 2 is 2.13 bits per heavy atom. The largest absolute Gasteiger partial charge is 0.409 e. The SMILES string of the molecule is CCC(NC(=O)CCC(C)C)/C(N)=N/O. The van der Waals surface area contributed by atoms with Gasteiger partial charge in [0.1, 0.15) is 0 Å². The highest BCUT2D eigenvalue weighted by molar-refractivity contribution is 5.89. The van der Waals surface area contributed by atoms with Crippen LogP contribution in [-0.4, -0.2) is 23.0 Å². The first-order valence-corrected chi connectivity index (χ1v) is 5.28. The average Bonchev–Trinajstić information content (AvgIpc) is 2.21. The summed E-state index contributed by atoms with van der Waals surface area (Å²) < 4.78 is 0. The van der Waals surface area contributed by atoms with Gasteiger partial charge in [0.25, 0.3) is 0 Å². The molecule has 0 aliphatic rings.